The Morgan fingerprint density at radius 1 is 1.00 bits per heavy atom. The summed E-state index contributed by atoms with van der Waals surface area (Å²) in [4.78, 5) is 4.54. The van der Waals surface area contributed by atoms with Gasteiger partial charge < -0.3 is 9.26 Å². The Bertz CT molecular complexity index is 1140. The zero-order valence-corrected chi connectivity index (χ0v) is 19.5. The van der Waals surface area contributed by atoms with Crippen molar-refractivity contribution < 1.29 is 9.26 Å². The van der Waals surface area contributed by atoms with Gasteiger partial charge in [-0.3, -0.25) is 4.57 Å². The highest BCUT2D eigenvalue weighted by Crippen LogP contribution is 2.35. The van der Waals surface area contributed by atoms with Crippen LogP contribution in [0.25, 0.3) is 5.69 Å². The van der Waals surface area contributed by atoms with Gasteiger partial charge in [0.15, 0.2) is 11.0 Å². The minimum atomic E-state index is -0.0646. The number of thioether (sulfide) groups is 1. The molecule has 2 aromatic carbocycles. The number of hydrogen-bond acceptors (Lipinski definition) is 7. The van der Waals surface area contributed by atoms with E-state index in [1.165, 1.54) is 5.56 Å². The molecule has 1 atom stereocenters. The number of nitrogens with zero attached hydrogens (tertiary/aromatic N) is 5. The first-order valence-electron chi connectivity index (χ1n) is 10.8. The third-order valence-electron chi connectivity index (χ3n) is 4.92. The van der Waals surface area contributed by atoms with E-state index in [1.54, 1.807) is 11.8 Å². The molecule has 166 valence electrons. The highest BCUT2D eigenvalue weighted by molar-refractivity contribution is 7.99. The van der Waals surface area contributed by atoms with Gasteiger partial charge in [0, 0.05) is 18.0 Å². The topological polar surface area (TPSA) is 78.9 Å². The van der Waals surface area contributed by atoms with Gasteiger partial charge in [0.1, 0.15) is 11.6 Å². The van der Waals surface area contributed by atoms with Crippen molar-refractivity contribution in [2.75, 3.05) is 6.61 Å². The molecule has 0 unspecified atom stereocenters. The van der Waals surface area contributed by atoms with Crippen LogP contribution in [0.15, 0.2) is 64.3 Å². The lowest BCUT2D eigenvalue weighted by Crippen LogP contribution is -2.05. The molecule has 2 heterocycles. The van der Waals surface area contributed by atoms with Crippen molar-refractivity contribution in [1.82, 2.24) is 24.9 Å². The van der Waals surface area contributed by atoms with Crippen LogP contribution in [0.1, 0.15) is 62.0 Å². The monoisotopic (exact) mass is 449 g/mol. The van der Waals surface area contributed by atoms with E-state index in [-0.39, 0.29) is 11.2 Å². The second-order valence-corrected chi connectivity index (χ2v) is 9.04. The molecule has 0 spiro atoms. The van der Waals surface area contributed by atoms with Gasteiger partial charge in [0.05, 0.1) is 11.9 Å². The third-order valence-corrected chi connectivity index (χ3v) is 5.95. The van der Waals surface area contributed by atoms with Gasteiger partial charge in [-0.05, 0) is 43.7 Å². The highest BCUT2D eigenvalue weighted by Gasteiger charge is 2.22. The minimum Gasteiger partial charge on any atom is -0.494 e. The van der Waals surface area contributed by atoms with Crippen molar-refractivity contribution in [2.24, 2.45) is 0 Å². The molecule has 4 aromatic rings. The normalized spacial score (nSPS) is 12.3. The van der Waals surface area contributed by atoms with Gasteiger partial charge >= 0.3 is 0 Å². The Labute approximate surface area is 192 Å². The largest absolute Gasteiger partial charge is 0.494 e. The highest BCUT2D eigenvalue weighted by atomic mass is 32.2. The van der Waals surface area contributed by atoms with E-state index in [9.17, 15) is 0 Å². The van der Waals surface area contributed by atoms with Crippen LogP contribution >= 0.6 is 11.8 Å². The lowest BCUT2D eigenvalue weighted by atomic mass is 10.1. The molecule has 0 N–H and O–H groups in total. The fourth-order valence-electron chi connectivity index (χ4n) is 3.24. The van der Waals surface area contributed by atoms with Crippen molar-refractivity contribution in [3.63, 3.8) is 0 Å². The van der Waals surface area contributed by atoms with Crippen molar-refractivity contribution in [1.29, 1.82) is 0 Å². The number of aromatic nitrogens is 5. The summed E-state index contributed by atoms with van der Waals surface area (Å²) < 4.78 is 13.2. The maximum absolute atomic E-state index is 5.60. The molecule has 0 saturated carbocycles. The van der Waals surface area contributed by atoms with Gasteiger partial charge in [-0.15, -0.1) is 10.2 Å². The van der Waals surface area contributed by atoms with E-state index in [2.05, 4.69) is 37.0 Å². The maximum Gasteiger partial charge on any atom is 0.239 e. The fourth-order valence-corrected chi connectivity index (χ4v) is 4.16. The first-order valence-corrected chi connectivity index (χ1v) is 11.6. The summed E-state index contributed by atoms with van der Waals surface area (Å²) in [6, 6.07) is 18.3. The van der Waals surface area contributed by atoms with Crippen molar-refractivity contribution >= 4 is 11.8 Å². The Morgan fingerprint density at radius 2 is 1.75 bits per heavy atom. The molecular weight excluding hydrogens is 422 g/mol. The minimum absolute atomic E-state index is 0.0646. The van der Waals surface area contributed by atoms with Gasteiger partial charge in [-0.1, -0.05) is 61.1 Å². The molecule has 0 aliphatic rings. The summed E-state index contributed by atoms with van der Waals surface area (Å²) in [6.45, 7) is 8.74. The predicted molar refractivity (Wildman–Crippen MR) is 124 cm³/mol. The summed E-state index contributed by atoms with van der Waals surface area (Å²) in [5, 5.41) is 13.8. The average Bonchev–Trinajstić information content (AvgIpc) is 3.44. The van der Waals surface area contributed by atoms with Crippen LogP contribution in [0.3, 0.4) is 0 Å². The van der Waals surface area contributed by atoms with Crippen molar-refractivity contribution in [3.05, 3.63) is 77.7 Å². The van der Waals surface area contributed by atoms with Gasteiger partial charge in [-0.2, -0.15) is 4.98 Å². The zero-order valence-electron chi connectivity index (χ0n) is 18.7. The first kappa shape index (κ1) is 22.1. The molecular formula is C24H27N5O2S. The predicted octanol–water partition coefficient (Wildman–Crippen LogP) is 5.62. The SMILES string of the molecule is CCOc1ccc(-n2c(Cc3ccccc3)nnc2S[C@@H](C)c2nc(C(C)C)no2)cc1. The molecule has 4 rings (SSSR count). The molecule has 0 amide bonds. The fraction of sp³-hybridized carbons (Fsp3) is 0.333. The van der Waals surface area contributed by atoms with Crippen LogP contribution in [-0.4, -0.2) is 31.5 Å². The second-order valence-electron chi connectivity index (χ2n) is 7.73. The van der Waals surface area contributed by atoms with E-state index < -0.39 is 0 Å². The summed E-state index contributed by atoms with van der Waals surface area (Å²) >= 11 is 1.55. The molecule has 0 saturated heterocycles. The third kappa shape index (κ3) is 5.02. The molecule has 8 heteroatoms. The van der Waals surface area contributed by atoms with E-state index in [0.29, 0.717) is 24.7 Å². The smallest absolute Gasteiger partial charge is 0.239 e. The van der Waals surface area contributed by atoms with E-state index in [0.717, 1.165) is 22.4 Å². The van der Waals surface area contributed by atoms with Crippen LogP contribution in [0, 0.1) is 0 Å². The summed E-state index contributed by atoms with van der Waals surface area (Å²) in [7, 11) is 0. The molecule has 32 heavy (non-hydrogen) atoms. The molecule has 2 aromatic heterocycles. The van der Waals surface area contributed by atoms with Crippen LogP contribution in [0.5, 0.6) is 5.75 Å². The number of ether oxygens (including phenoxy) is 1. The molecule has 0 aliphatic heterocycles. The van der Waals surface area contributed by atoms with Crippen LogP contribution in [-0.2, 0) is 6.42 Å². The molecule has 0 bridgehead atoms. The van der Waals surface area contributed by atoms with Gasteiger partial charge in [0.25, 0.3) is 0 Å². The molecule has 0 radical (unpaired) electrons. The summed E-state index contributed by atoms with van der Waals surface area (Å²) in [5.74, 6) is 3.22. The van der Waals surface area contributed by atoms with E-state index in [1.807, 2.05) is 70.2 Å². The molecule has 0 aliphatic carbocycles. The van der Waals surface area contributed by atoms with Gasteiger partial charge in [0.2, 0.25) is 5.89 Å². The first-order chi connectivity index (χ1) is 15.5. The van der Waals surface area contributed by atoms with Crippen LogP contribution in [0.2, 0.25) is 0 Å². The second kappa shape index (κ2) is 9.99. The summed E-state index contributed by atoms with van der Waals surface area (Å²) in [6.07, 6.45) is 0.675. The molecule has 0 fully saturated rings. The summed E-state index contributed by atoms with van der Waals surface area (Å²) in [5.41, 5.74) is 2.16. The number of benzene rings is 2. The quantitative estimate of drug-likeness (QED) is 0.307. The van der Waals surface area contributed by atoms with Crippen molar-refractivity contribution in [2.45, 2.75) is 50.4 Å². The molecule has 7 nitrogen and oxygen atoms in total. The maximum atomic E-state index is 5.60. The Hall–Kier alpha value is -3.13. The van der Waals surface area contributed by atoms with Gasteiger partial charge in [-0.25, -0.2) is 0 Å². The van der Waals surface area contributed by atoms with Crippen LogP contribution in [0.4, 0.5) is 0 Å². The van der Waals surface area contributed by atoms with E-state index >= 15 is 0 Å². The zero-order chi connectivity index (χ0) is 22.5. The lowest BCUT2D eigenvalue weighted by Gasteiger charge is -2.13. The Kier molecular flexibility index (Phi) is 6.90. The number of rotatable bonds is 9. The number of hydrogen-bond donors (Lipinski definition) is 0. The Morgan fingerprint density at radius 3 is 2.41 bits per heavy atom. The van der Waals surface area contributed by atoms with Crippen LogP contribution < -0.4 is 4.74 Å². The van der Waals surface area contributed by atoms with E-state index in [4.69, 9.17) is 9.26 Å². The lowest BCUT2D eigenvalue weighted by molar-refractivity contribution is 0.340. The van der Waals surface area contributed by atoms with Crippen molar-refractivity contribution in [3.8, 4) is 11.4 Å². The average molecular weight is 450 g/mol. The standard InChI is InChI=1S/C24H27N5O2S/c1-5-30-20-13-11-19(12-14-20)29-21(15-18-9-7-6-8-10-18)26-27-24(29)32-17(4)23-25-22(16(2)3)28-31-23/h6-14,16-17H,5,15H2,1-4H3/t17-/m0/s1. The Balaban J connectivity index is 1.66.